The van der Waals surface area contributed by atoms with Gasteiger partial charge in [0, 0.05) is 43.1 Å². The van der Waals surface area contributed by atoms with E-state index >= 15 is 0 Å². The van der Waals surface area contributed by atoms with Crippen molar-refractivity contribution in [2.24, 2.45) is 17.6 Å². The Bertz CT molecular complexity index is 1180. The summed E-state index contributed by atoms with van der Waals surface area (Å²) in [7, 11) is 1.32. The first-order valence-electron chi connectivity index (χ1n) is 14.4. The van der Waals surface area contributed by atoms with Crippen LogP contribution in [0.4, 0.5) is 4.79 Å². The fourth-order valence-corrected chi connectivity index (χ4v) is 6.36. The maximum absolute atomic E-state index is 13.4. The van der Waals surface area contributed by atoms with Crippen LogP contribution < -0.4 is 15.8 Å². The van der Waals surface area contributed by atoms with E-state index in [4.69, 9.17) is 26.8 Å². The van der Waals surface area contributed by atoms with Crippen molar-refractivity contribution in [3.8, 4) is 11.5 Å². The van der Waals surface area contributed by atoms with Crippen LogP contribution in [-0.2, 0) is 21.6 Å². The molecule has 1 saturated carbocycles. The van der Waals surface area contributed by atoms with Gasteiger partial charge in [0.2, 0.25) is 5.91 Å². The molecule has 4 atom stereocenters. The molecule has 2 fully saturated rings. The van der Waals surface area contributed by atoms with E-state index in [-0.39, 0.29) is 23.8 Å². The second-order valence-electron chi connectivity index (χ2n) is 11.1. The molecule has 2 aromatic rings. The van der Waals surface area contributed by atoms with Gasteiger partial charge in [-0.3, -0.25) is 4.79 Å². The van der Waals surface area contributed by atoms with Crippen molar-refractivity contribution < 1.29 is 24.2 Å². The molecule has 40 heavy (non-hydrogen) atoms. The molecule has 0 radical (unpaired) electrons. The van der Waals surface area contributed by atoms with Crippen LogP contribution in [0.5, 0.6) is 11.5 Å². The average molecular weight is 572 g/mol. The summed E-state index contributed by atoms with van der Waals surface area (Å²) in [4.78, 5) is 27.0. The highest BCUT2D eigenvalue weighted by atomic mass is 35.5. The lowest BCUT2D eigenvalue weighted by molar-refractivity contribution is -0.141. The molecule has 1 aliphatic carbocycles. The van der Waals surface area contributed by atoms with Gasteiger partial charge in [-0.05, 0) is 75.1 Å². The van der Waals surface area contributed by atoms with E-state index in [0.717, 1.165) is 37.7 Å². The van der Waals surface area contributed by atoms with Gasteiger partial charge in [0.15, 0.2) is 5.75 Å². The number of carbonyl (C=O) groups is 2. The number of hydrogen-bond donors (Lipinski definition) is 3. The van der Waals surface area contributed by atoms with Gasteiger partial charge < -0.3 is 30.5 Å². The zero-order valence-electron chi connectivity index (χ0n) is 23.5. The highest BCUT2D eigenvalue weighted by Gasteiger charge is 2.44. The van der Waals surface area contributed by atoms with Gasteiger partial charge in [0.25, 0.3) is 0 Å². The number of carbonyl (C=O) groups excluding carboxylic acids is 2. The number of piperidine rings is 1. The van der Waals surface area contributed by atoms with Gasteiger partial charge in [-0.15, -0.1) is 0 Å². The smallest absolute Gasteiger partial charge is 0.406 e. The normalized spacial score (nSPS) is 22.4. The lowest BCUT2D eigenvalue weighted by atomic mass is 9.73. The van der Waals surface area contributed by atoms with Gasteiger partial charge in [-0.2, -0.15) is 0 Å². The predicted molar refractivity (Wildman–Crippen MR) is 156 cm³/mol. The third-order valence-electron chi connectivity index (χ3n) is 8.38. The first-order valence-corrected chi connectivity index (χ1v) is 14.8. The second-order valence-corrected chi connectivity index (χ2v) is 11.5. The fourth-order valence-electron chi connectivity index (χ4n) is 6.15. The number of ether oxygens (including phenoxy) is 2. The van der Waals surface area contributed by atoms with Crippen molar-refractivity contribution in [2.45, 2.75) is 69.9 Å². The van der Waals surface area contributed by atoms with Crippen LogP contribution in [0.1, 0.15) is 63.0 Å². The Morgan fingerprint density at radius 2 is 2.00 bits per heavy atom. The first kappa shape index (κ1) is 30.2. The Morgan fingerprint density at radius 3 is 2.73 bits per heavy atom. The summed E-state index contributed by atoms with van der Waals surface area (Å²) in [5.41, 5.74) is 6.46. The first-order chi connectivity index (χ1) is 19.2. The van der Waals surface area contributed by atoms with E-state index in [1.807, 2.05) is 41.3 Å². The second kappa shape index (κ2) is 13.7. The number of rotatable bonds is 10. The van der Waals surface area contributed by atoms with E-state index in [1.165, 1.54) is 7.11 Å². The third kappa shape index (κ3) is 7.09. The van der Waals surface area contributed by atoms with E-state index in [2.05, 4.69) is 12.2 Å². The lowest BCUT2D eigenvalue weighted by Crippen LogP contribution is -2.49. The Hall–Kier alpha value is -2.81. The Morgan fingerprint density at radius 1 is 1.20 bits per heavy atom. The van der Waals surface area contributed by atoms with Crippen LogP contribution in [0.15, 0.2) is 42.5 Å². The summed E-state index contributed by atoms with van der Waals surface area (Å²) in [5, 5.41) is 15.7. The summed E-state index contributed by atoms with van der Waals surface area (Å²) in [6.45, 7) is 3.52. The molecular formula is C31H42ClN3O5. The largest absolute Gasteiger partial charge is 0.455 e. The fraction of sp³-hybridized carbons (Fsp3) is 0.548. The van der Waals surface area contributed by atoms with Crippen LogP contribution >= 0.6 is 11.6 Å². The number of nitrogens with two attached hydrogens (primary N) is 1. The van der Waals surface area contributed by atoms with Crippen LogP contribution in [0.25, 0.3) is 0 Å². The lowest BCUT2D eigenvalue weighted by Gasteiger charge is -2.44. The molecule has 2 aliphatic rings. The van der Waals surface area contributed by atoms with E-state index in [0.29, 0.717) is 61.0 Å². The Labute approximate surface area is 242 Å². The maximum atomic E-state index is 13.4. The molecule has 9 heteroatoms. The molecule has 0 aromatic heterocycles. The zero-order valence-corrected chi connectivity index (χ0v) is 24.3. The predicted octanol–water partition coefficient (Wildman–Crippen LogP) is 5.38. The van der Waals surface area contributed by atoms with Gasteiger partial charge in [-0.25, -0.2) is 4.79 Å². The molecule has 0 spiro atoms. The van der Waals surface area contributed by atoms with Crippen LogP contribution in [-0.4, -0.2) is 54.8 Å². The molecule has 2 amide bonds. The molecule has 8 nitrogen and oxygen atoms in total. The summed E-state index contributed by atoms with van der Waals surface area (Å²) >= 11 is 6.71. The minimum Gasteiger partial charge on any atom is -0.455 e. The minimum atomic E-state index is -1.36. The van der Waals surface area contributed by atoms with Crippen molar-refractivity contribution in [3.63, 3.8) is 0 Å². The van der Waals surface area contributed by atoms with Gasteiger partial charge in [0.05, 0.1) is 17.7 Å². The number of benzene rings is 2. The molecule has 4 N–H and O–H groups in total. The van der Waals surface area contributed by atoms with Gasteiger partial charge in [-0.1, -0.05) is 42.8 Å². The number of methoxy groups -OCH3 is 1. The van der Waals surface area contributed by atoms with Crippen molar-refractivity contribution in [2.75, 3.05) is 26.7 Å². The van der Waals surface area contributed by atoms with Gasteiger partial charge >= 0.3 is 6.09 Å². The molecule has 0 bridgehead atoms. The molecular weight excluding hydrogens is 530 g/mol. The van der Waals surface area contributed by atoms with Crippen molar-refractivity contribution in [3.05, 3.63) is 58.6 Å². The summed E-state index contributed by atoms with van der Waals surface area (Å²) < 4.78 is 11.1. The number of aliphatic hydroxyl groups is 1. The average Bonchev–Trinajstić information content (AvgIpc) is 3.42. The standard InChI is InChI=1S/C31H42ClN3O5/c1-3-21-8-4-10-25(18-21)40-28-26(11-5-12-27(28)32)31(38,15-7-16-34-30(37)39-2)23-9-6-17-35(20-23)29(36)22-13-14-24(33)19-22/h4-5,8,10-12,18,22-24,38H,3,6-7,9,13-17,19-20,33H2,1-2H3,(H,34,37)/t22-,23-,24+,31+/m1/s1. The third-order valence-corrected chi connectivity index (χ3v) is 8.68. The maximum Gasteiger partial charge on any atom is 0.406 e. The monoisotopic (exact) mass is 571 g/mol. The summed E-state index contributed by atoms with van der Waals surface area (Å²) in [6.07, 6.45) is 5.10. The summed E-state index contributed by atoms with van der Waals surface area (Å²) in [6, 6.07) is 13.3. The van der Waals surface area contributed by atoms with Crippen molar-refractivity contribution >= 4 is 23.6 Å². The molecule has 2 aromatic carbocycles. The molecule has 4 rings (SSSR count). The number of aryl methyl sites for hydroxylation is 1. The highest BCUT2D eigenvalue weighted by Crippen LogP contribution is 2.47. The number of halogens is 1. The van der Waals surface area contributed by atoms with E-state index in [9.17, 15) is 14.7 Å². The molecule has 0 unspecified atom stereocenters. The van der Waals surface area contributed by atoms with E-state index < -0.39 is 11.7 Å². The number of amides is 2. The number of likely N-dealkylation sites (tertiary alicyclic amines) is 1. The molecule has 218 valence electrons. The number of hydrogen-bond acceptors (Lipinski definition) is 6. The SMILES string of the molecule is CCc1cccc(Oc2c(Cl)cccc2[C@](O)(CCCNC(=O)OC)[C@@H]2CCCN(C(=O)[C@@H]3CC[C@H](N)C3)C2)c1. The molecule has 1 heterocycles. The summed E-state index contributed by atoms with van der Waals surface area (Å²) in [5.74, 6) is 0.877. The quantitative estimate of drug-likeness (QED) is 0.330. The van der Waals surface area contributed by atoms with Crippen molar-refractivity contribution in [1.82, 2.24) is 10.2 Å². The molecule has 1 saturated heterocycles. The number of alkyl carbamates (subject to hydrolysis) is 1. The van der Waals surface area contributed by atoms with Crippen LogP contribution in [0, 0.1) is 11.8 Å². The van der Waals surface area contributed by atoms with Crippen LogP contribution in [0.2, 0.25) is 5.02 Å². The number of nitrogens with zero attached hydrogens (tertiary/aromatic N) is 1. The van der Waals surface area contributed by atoms with E-state index in [1.54, 1.807) is 6.07 Å². The van der Waals surface area contributed by atoms with Gasteiger partial charge in [0.1, 0.15) is 5.75 Å². The van der Waals surface area contributed by atoms with Crippen LogP contribution in [0.3, 0.4) is 0 Å². The minimum absolute atomic E-state index is 0.0537. The highest BCUT2D eigenvalue weighted by molar-refractivity contribution is 6.32. The molecule has 1 aliphatic heterocycles. The number of para-hydroxylation sites is 1. The number of nitrogens with one attached hydrogen (secondary N) is 1. The Balaban J connectivity index is 1.64. The Kier molecular flexibility index (Phi) is 10.3. The zero-order chi connectivity index (χ0) is 28.7. The topological polar surface area (TPSA) is 114 Å². The van der Waals surface area contributed by atoms with Crippen molar-refractivity contribution in [1.29, 1.82) is 0 Å².